The van der Waals surface area contributed by atoms with E-state index in [9.17, 15) is 0 Å². The van der Waals surface area contributed by atoms with Gasteiger partial charge in [0.2, 0.25) is 0 Å². The van der Waals surface area contributed by atoms with Crippen molar-refractivity contribution in [2.45, 2.75) is 25.8 Å². The third-order valence-corrected chi connectivity index (χ3v) is 2.79. The Kier molecular flexibility index (Phi) is 3.90. The van der Waals surface area contributed by atoms with E-state index < -0.39 is 0 Å². The summed E-state index contributed by atoms with van der Waals surface area (Å²) in [7, 11) is 0. The summed E-state index contributed by atoms with van der Waals surface area (Å²) in [6.07, 6.45) is 8.62. The van der Waals surface area contributed by atoms with Gasteiger partial charge in [0.15, 0.2) is 0 Å². The Morgan fingerprint density at radius 1 is 1.85 bits per heavy atom. The van der Waals surface area contributed by atoms with Gasteiger partial charge in [-0.2, -0.15) is 0 Å². The molecule has 0 aliphatic rings. The zero-order valence-corrected chi connectivity index (χ0v) is 8.40. The maximum absolute atomic E-state index is 5.42. The second-order valence-corrected chi connectivity index (χ2v) is 4.01. The third kappa shape index (κ3) is 2.81. The van der Waals surface area contributed by atoms with Crippen molar-refractivity contribution >= 4 is 11.3 Å². The van der Waals surface area contributed by atoms with E-state index in [0.29, 0.717) is 0 Å². The van der Waals surface area contributed by atoms with Gasteiger partial charge in [-0.25, -0.2) is 4.98 Å². The van der Waals surface area contributed by atoms with Crippen molar-refractivity contribution in [3.63, 3.8) is 0 Å². The zero-order chi connectivity index (χ0) is 9.68. The summed E-state index contributed by atoms with van der Waals surface area (Å²) in [4.78, 5) is 5.31. The van der Waals surface area contributed by atoms with E-state index in [0.717, 1.165) is 22.7 Å². The molecule has 70 valence electrons. The molecule has 1 atom stereocenters. The molecule has 1 rings (SSSR count). The predicted octanol–water partition coefficient (Wildman–Crippen LogP) is 1.37. The lowest BCUT2D eigenvalue weighted by Gasteiger charge is -2.10. The highest BCUT2D eigenvalue weighted by Crippen LogP contribution is 2.23. The number of hydrogen-bond acceptors (Lipinski definition) is 4. The average molecular weight is 195 g/mol. The summed E-state index contributed by atoms with van der Waals surface area (Å²) in [5.74, 6) is 8.01. The van der Waals surface area contributed by atoms with Crippen LogP contribution in [-0.2, 0) is 0 Å². The van der Waals surface area contributed by atoms with Crippen molar-refractivity contribution in [3.8, 4) is 12.3 Å². The topological polar surface area (TPSA) is 50.9 Å². The molecule has 0 aromatic carbocycles. The van der Waals surface area contributed by atoms with Crippen molar-refractivity contribution in [3.05, 3.63) is 16.1 Å². The molecule has 4 heteroatoms. The fourth-order valence-corrected chi connectivity index (χ4v) is 1.95. The van der Waals surface area contributed by atoms with Crippen LogP contribution in [0.4, 0.5) is 0 Å². The highest BCUT2D eigenvalue weighted by atomic mass is 32.1. The minimum atomic E-state index is 0.141. The Bertz CT molecular complexity index is 300. The number of nitrogens with one attached hydrogen (secondary N) is 1. The van der Waals surface area contributed by atoms with E-state index in [1.807, 2.05) is 13.1 Å². The molecule has 1 heterocycles. The summed E-state index contributed by atoms with van der Waals surface area (Å²) in [6, 6.07) is 0.141. The molecule has 0 aliphatic heterocycles. The number of rotatable bonds is 4. The summed E-state index contributed by atoms with van der Waals surface area (Å²) in [5.41, 5.74) is 2.74. The van der Waals surface area contributed by atoms with Crippen LogP contribution in [0.5, 0.6) is 0 Å². The van der Waals surface area contributed by atoms with Crippen molar-refractivity contribution in [1.82, 2.24) is 10.4 Å². The molecule has 3 nitrogen and oxygen atoms in total. The molecule has 0 saturated carbocycles. The van der Waals surface area contributed by atoms with Crippen LogP contribution >= 0.6 is 11.3 Å². The van der Waals surface area contributed by atoms with Crippen molar-refractivity contribution in [2.24, 2.45) is 5.84 Å². The molecule has 0 spiro atoms. The van der Waals surface area contributed by atoms with E-state index in [1.165, 1.54) is 0 Å². The number of aromatic nitrogens is 1. The SMILES string of the molecule is C#CCCC(NN)c1cnc(C)s1. The Labute approximate surface area is 82.3 Å². The average Bonchev–Trinajstić information content (AvgIpc) is 2.54. The van der Waals surface area contributed by atoms with E-state index >= 15 is 0 Å². The standard InChI is InChI=1S/C9H13N3S/c1-3-4-5-8(12-10)9-6-11-7(2)13-9/h1,6,8,12H,4-5,10H2,2H3. The summed E-state index contributed by atoms with van der Waals surface area (Å²) in [5, 5.41) is 1.05. The first-order valence-electron chi connectivity index (χ1n) is 4.10. The first kappa shape index (κ1) is 10.2. The van der Waals surface area contributed by atoms with Crippen LogP contribution < -0.4 is 11.3 Å². The fraction of sp³-hybridized carbons (Fsp3) is 0.444. The molecule has 0 aliphatic carbocycles. The summed E-state index contributed by atoms with van der Waals surface area (Å²) >= 11 is 1.65. The lowest BCUT2D eigenvalue weighted by molar-refractivity contribution is 0.531. The number of thiazole rings is 1. The molecule has 3 N–H and O–H groups in total. The van der Waals surface area contributed by atoms with Crippen molar-refractivity contribution < 1.29 is 0 Å². The highest BCUT2D eigenvalue weighted by molar-refractivity contribution is 7.11. The van der Waals surface area contributed by atoms with E-state index in [2.05, 4.69) is 16.3 Å². The van der Waals surface area contributed by atoms with Gasteiger partial charge in [0, 0.05) is 17.5 Å². The van der Waals surface area contributed by atoms with Crippen LogP contribution in [0.25, 0.3) is 0 Å². The number of aryl methyl sites for hydroxylation is 1. The fourth-order valence-electron chi connectivity index (χ4n) is 1.07. The van der Waals surface area contributed by atoms with Crippen LogP contribution in [0, 0.1) is 19.3 Å². The van der Waals surface area contributed by atoms with Crippen LogP contribution in [0.2, 0.25) is 0 Å². The third-order valence-electron chi connectivity index (χ3n) is 1.76. The molecule has 1 aromatic heterocycles. The van der Waals surface area contributed by atoms with E-state index in [4.69, 9.17) is 12.3 Å². The van der Waals surface area contributed by atoms with E-state index in [-0.39, 0.29) is 6.04 Å². The van der Waals surface area contributed by atoms with Crippen LogP contribution in [0.1, 0.15) is 28.8 Å². The second kappa shape index (κ2) is 4.97. The number of nitrogens with two attached hydrogens (primary N) is 1. The number of nitrogens with zero attached hydrogens (tertiary/aromatic N) is 1. The zero-order valence-electron chi connectivity index (χ0n) is 7.58. The van der Waals surface area contributed by atoms with Gasteiger partial charge >= 0.3 is 0 Å². The van der Waals surface area contributed by atoms with Crippen molar-refractivity contribution in [1.29, 1.82) is 0 Å². The van der Waals surface area contributed by atoms with E-state index in [1.54, 1.807) is 11.3 Å². The normalized spacial score (nSPS) is 12.4. The molecule has 13 heavy (non-hydrogen) atoms. The Hall–Kier alpha value is -0.890. The molecule has 1 unspecified atom stereocenters. The second-order valence-electron chi connectivity index (χ2n) is 2.74. The first-order chi connectivity index (χ1) is 6.27. The van der Waals surface area contributed by atoms with Gasteiger partial charge in [-0.05, 0) is 13.3 Å². The van der Waals surface area contributed by atoms with Crippen LogP contribution in [0.15, 0.2) is 6.20 Å². The summed E-state index contributed by atoms with van der Waals surface area (Å²) in [6.45, 7) is 1.98. The van der Waals surface area contributed by atoms with Gasteiger partial charge in [0.1, 0.15) is 0 Å². The smallest absolute Gasteiger partial charge is 0.0897 e. The molecule has 0 fully saturated rings. The Balaban J connectivity index is 2.62. The number of hydrazine groups is 1. The van der Waals surface area contributed by atoms with Crippen LogP contribution in [-0.4, -0.2) is 4.98 Å². The van der Waals surface area contributed by atoms with Gasteiger partial charge in [-0.1, -0.05) is 0 Å². The van der Waals surface area contributed by atoms with Crippen LogP contribution in [0.3, 0.4) is 0 Å². The maximum atomic E-state index is 5.42. The molecule has 0 saturated heterocycles. The molecular formula is C9H13N3S. The molecular weight excluding hydrogens is 182 g/mol. The van der Waals surface area contributed by atoms with Gasteiger partial charge in [-0.3, -0.25) is 11.3 Å². The molecule has 1 aromatic rings. The largest absolute Gasteiger partial charge is 0.271 e. The number of terminal acetylenes is 1. The lowest BCUT2D eigenvalue weighted by atomic mass is 10.1. The molecule has 0 radical (unpaired) electrons. The van der Waals surface area contributed by atoms with Gasteiger partial charge < -0.3 is 0 Å². The minimum Gasteiger partial charge on any atom is -0.271 e. The highest BCUT2D eigenvalue weighted by Gasteiger charge is 2.10. The van der Waals surface area contributed by atoms with Gasteiger partial charge in [-0.15, -0.1) is 23.7 Å². The summed E-state index contributed by atoms with van der Waals surface area (Å²) < 4.78 is 0. The van der Waals surface area contributed by atoms with Gasteiger partial charge in [0.25, 0.3) is 0 Å². The van der Waals surface area contributed by atoms with Crippen molar-refractivity contribution in [2.75, 3.05) is 0 Å². The Morgan fingerprint density at radius 2 is 2.62 bits per heavy atom. The lowest BCUT2D eigenvalue weighted by Crippen LogP contribution is -2.27. The molecule has 0 bridgehead atoms. The Morgan fingerprint density at radius 3 is 3.08 bits per heavy atom. The maximum Gasteiger partial charge on any atom is 0.0897 e. The minimum absolute atomic E-state index is 0.141. The predicted molar refractivity (Wildman–Crippen MR) is 55.0 cm³/mol. The van der Waals surface area contributed by atoms with Gasteiger partial charge in [0.05, 0.1) is 11.0 Å². The quantitative estimate of drug-likeness (QED) is 0.433. The molecule has 0 amide bonds. The number of hydrogen-bond donors (Lipinski definition) is 2. The monoisotopic (exact) mass is 195 g/mol. The first-order valence-corrected chi connectivity index (χ1v) is 4.91.